The minimum atomic E-state index is 0.202. The molecular formula is C37H27N3O. The molecule has 0 fully saturated rings. The number of para-hydroxylation sites is 2. The number of fused-ring (bicyclic) bond motifs is 1. The minimum Gasteiger partial charge on any atom is -0.507 e. The summed E-state index contributed by atoms with van der Waals surface area (Å²) in [6.45, 7) is 0. The van der Waals surface area contributed by atoms with Crippen molar-refractivity contribution in [3.05, 3.63) is 157 Å². The van der Waals surface area contributed by atoms with E-state index < -0.39 is 0 Å². The Morgan fingerprint density at radius 3 is 2.15 bits per heavy atom. The number of phenols is 1. The molecule has 2 heterocycles. The summed E-state index contributed by atoms with van der Waals surface area (Å²) in [6.07, 6.45) is 2.58. The number of hydrogen-bond acceptors (Lipinski definition) is 3. The van der Waals surface area contributed by atoms with E-state index in [9.17, 15) is 5.11 Å². The molecule has 0 aliphatic heterocycles. The average Bonchev–Trinajstić information content (AvgIpc) is 3.43. The van der Waals surface area contributed by atoms with E-state index in [0.29, 0.717) is 11.4 Å². The molecule has 0 spiro atoms. The fraction of sp³-hybridized carbons (Fsp3) is 0.0270. The summed E-state index contributed by atoms with van der Waals surface area (Å²) in [6, 6.07) is 47.0. The average molecular weight is 530 g/mol. The van der Waals surface area contributed by atoms with Gasteiger partial charge in [-0.05, 0) is 71.6 Å². The highest BCUT2D eigenvalue weighted by molar-refractivity contribution is 5.96. The molecule has 7 aromatic rings. The second-order valence-electron chi connectivity index (χ2n) is 10.1. The number of aromatic nitrogens is 3. The van der Waals surface area contributed by atoms with Gasteiger partial charge in [0.15, 0.2) is 0 Å². The third-order valence-electron chi connectivity index (χ3n) is 7.39. The maximum absolute atomic E-state index is 11.1. The zero-order valence-corrected chi connectivity index (χ0v) is 22.4. The van der Waals surface area contributed by atoms with E-state index in [1.165, 1.54) is 5.56 Å². The van der Waals surface area contributed by atoms with E-state index in [1.807, 2.05) is 54.7 Å². The predicted octanol–water partition coefficient (Wildman–Crippen LogP) is 8.72. The molecule has 5 aromatic carbocycles. The van der Waals surface area contributed by atoms with Crippen LogP contribution in [-0.2, 0) is 6.42 Å². The van der Waals surface area contributed by atoms with Crippen molar-refractivity contribution in [2.75, 3.05) is 0 Å². The molecule has 7 rings (SSSR count). The van der Waals surface area contributed by atoms with Crippen LogP contribution >= 0.6 is 0 Å². The first-order valence-electron chi connectivity index (χ1n) is 13.7. The molecule has 0 bridgehead atoms. The lowest BCUT2D eigenvalue weighted by Gasteiger charge is -2.12. The molecule has 0 radical (unpaired) electrons. The van der Waals surface area contributed by atoms with Crippen LogP contribution in [0.25, 0.3) is 50.5 Å². The molecule has 0 aliphatic rings. The number of hydrogen-bond donors (Lipinski definition) is 1. The third-order valence-corrected chi connectivity index (χ3v) is 7.39. The van der Waals surface area contributed by atoms with Gasteiger partial charge in [0.25, 0.3) is 0 Å². The van der Waals surface area contributed by atoms with Crippen molar-refractivity contribution in [3.63, 3.8) is 0 Å². The van der Waals surface area contributed by atoms with Gasteiger partial charge in [0.05, 0.1) is 22.3 Å². The Kier molecular flexibility index (Phi) is 6.34. The number of aromatic hydroxyl groups is 1. The lowest BCUT2D eigenvalue weighted by atomic mass is 10.0. The highest BCUT2D eigenvalue weighted by Gasteiger charge is 2.20. The van der Waals surface area contributed by atoms with Gasteiger partial charge in [0.1, 0.15) is 11.6 Å². The molecule has 4 heteroatoms. The van der Waals surface area contributed by atoms with E-state index >= 15 is 0 Å². The van der Waals surface area contributed by atoms with Gasteiger partial charge in [0, 0.05) is 23.0 Å². The van der Waals surface area contributed by atoms with Gasteiger partial charge in [-0.15, -0.1) is 0 Å². The summed E-state index contributed by atoms with van der Waals surface area (Å²) in [5.41, 5.74) is 9.92. The Labute approximate surface area is 238 Å². The van der Waals surface area contributed by atoms with E-state index in [1.54, 1.807) is 6.07 Å². The normalized spacial score (nSPS) is 11.1. The van der Waals surface area contributed by atoms with Crippen LogP contribution in [0.3, 0.4) is 0 Å². The molecule has 0 atom stereocenters. The number of imidazole rings is 1. The van der Waals surface area contributed by atoms with Gasteiger partial charge in [-0.25, -0.2) is 4.98 Å². The first-order chi connectivity index (χ1) is 20.2. The number of benzene rings is 5. The van der Waals surface area contributed by atoms with Crippen molar-refractivity contribution in [2.45, 2.75) is 6.42 Å². The minimum absolute atomic E-state index is 0.202. The molecular weight excluding hydrogens is 502 g/mol. The third kappa shape index (κ3) is 4.77. The van der Waals surface area contributed by atoms with Crippen LogP contribution < -0.4 is 0 Å². The molecule has 0 saturated carbocycles. The molecule has 0 aliphatic carbocycles. The maximum Gasteiger partial charge on any atom is 0.149 e. The second-order valence-corrected chi connectivity index (χ2v) is 10.1. The van der Waals surface area contributed by atoms with E-state index in [-0.39, 0.29) is 5.75 Å². The van der Waals surface area contributed by atoms with Crippen LogP contribution in [0.1, 0.15) is 11.1 Å². The molecule has 0 amide bonds. The Morgan fingerprint density at radius 1 is 0.585 bits per heavy atom. The van der Waals surface area contributed by atoms with Crippen LogP contribution in [0.2, 0.25) is 0 Å². The van der Waals surface area contributed by atoms with Crippen molar-refractivity contribution in [1.29, 1.82) is 0 Å². The zero-order chi connectivity index (χ0) is 27.6. The smallest absolute Gasteiger partial charge is 0.149 e. The SMILES string of the molecule is Oc1ccc(Cc2ccccc2)cc1-c1nc2c(-c3cccc(-c4ccccn4)c3)cccc2n1-c1ccccc1. The molecule has 1 N–H and O–H groups in total. The summed E-state index contributed by atoms with van der Waals surface area (Å²) < 4.78 is 2.14. The lowest BCUT2D eigenvalue weighted by Crippen LogP contribution is -1.98. The van der Waals surface area contributed by atoms with E-state index in [4.69, 9.17) is 4.98 Å². The van der Waals surface area contributed by atoms with Gasteiger partial charge in [-0.3, -0.25) is 9.55 Å². The van der Waals surface area contributed by atoms with Gasteiger partial charge in [-0.2, -0.15) is 0 Å². The lowest BCUT2D eigenvalue weighted by molar-refractivity contribution is 0.476. The monoisotopic (exact) mass is 529 g/mol. The molecule has 0 unspecified atom stereocenters. The fourth-order valence-electron chi connectivity index (χ4n) is 5.43. The van der Waals surface area contributed by atoms with Crippen molar-refractivity contribution in [1.82, 2.24) is 14.5 Å². The predicted molar refractivity (Wildman–Crippen MR) is 166 cm³/mol. The molecule has 41 heavy (non-hydrogen) atoms. The first kappa shape index (κ1) is 24.6. The van der Waals surface area contributed by atoms with Gasteiger partial charge in [0.2, 0.25) is 0 Å². The topological polar surface area (TPSA) is 50.9 Å². The Morgan fingerprint density at radius 2 is 1.34 bits per heavy atom. The number of rotatable bonds is 6. The fourth-order valence-corrected chi connectivity index (χ4v) is 5.43. The highest BCUT2D eigenvalue weighted by Crippen LogP contribution is 2.38. The van der Waals surface area contributed by atoms with Gasteiger partial charge < -0.3 is 5.11 Å². The number of phenolic OH excluding ortho intramolecular Hbond substituents is 1. The Hall–Kier alpha value is -5.48. The zero-order valence-electron chi connectivity index (χ0n) is 22.4. The summed E-state index contributed by atoms with van der Waals surface area (Å²) in [4.78, 5) is 9.78. The van der Waals surface area contributed by atoms with Crippen molar-refractivity contribution in [2.24, 2.45) is 0 Å². The van der Waals surface area contributed by atoms with Crippen molar-refractivity contribution >= 4 is 11.0 Å². The van der Waals surface area contributed by atoms with Crippen LogP contribution in [0.5, 0.6) is 5.75 Å². The van der Waals surface area contributed by atoms with E-state index in [0.717, 1.165) is 51.1 Å². The summed E-state index contributed by atoms with van der Waals surface area (Å²) in [7, 11) is 0. The van der Waals surface area contributed by atoms with Gasteiger partial charge >= 0.3 is 0 Å². The maximum atomic E-state index is 11.1. The van der Waals surface area contributed by atoms with Crippen LogP contribution in [0.4, 0.5) is 0 Å². The highest BCUT2D eigenvalue weighted by atomic mass is 16.3. The summed E-state index contributed by atoms with van der Waals surface area (Å²) in [5, 5.41) is 11.1. The molecule has 196 valence electrons. The van der Waals surface area contributed by atoms with Crippen molar-refractivity contribution < 1.29 is 5.11 Å². The standard InChI is InChI=1S/C37H27N3O/c41-35-21-20-27(23-26-11-3-1-4-12-26)24-32(35)37-39-36-31(17-10-19-34(36)40(37)30-15-5-2-6-16-30)28-13-9-14-29(25-28)33-18-7-8-22-38-33/h1-22,24-25,41H,23H2. The second kappa shape index (κ2) is 10.6. The summed E-state index contributed by atoms with van der Waals surface area (Å²) in [5.74, 6) is 0.903. The molecule has 0 saturated heterocycles. The Bertz CT molecular complexity index is 1960. The van der Waals surface area contributed by atoms with E-state index in [2.05, 4.69) is 94.5 Å². The number of pyridine rings is 1. The quantitative estimate of drug-likeness (QED) is 0.234. The van der Waals surface area contributed by atoms with Crippen molar-refractivity contribution in [3.8, 4) is 45.2 Å². The molecule has 2 aromatic heterocycles. The van der Waals surface area contributed by atoms with Gasteiger partial charge in [-0.1, -0.05) is 91.0 Å². The van der Waals surface area contributed by atoms with Crippen LogP contribution in [-0.4, -0.2) is 19.6 Å². The molecule has 4 nitrogen and oxygen atoms in total. The summed E-state index contributed by atoms with van der Waals surface area (Å²) >= 11 is 0. The Balaban J connectivity index is 1.42. The van der Waals surface area contributed by atoms with Crippen LogP contribution in [0.15, 0.2) is 146 Å². The first-order valence-corrected chi connectivity index (χ1v) is 13.7. The number of nitrogens with zero attached hydrogens (tertiary/aromatic N) is 3. The largest absolute Gasteiger partial charge is 0.507 e. The van der Waals surface area contributed by atoms with Crippen LogP contribution in [0, 0.1) is 0 Å².